The van der Waals surface area contributed by atoms with Crippen LogP contribution in [0.4, 0.5) is 5.69 Å². The van der Waals surface area contributed by atoms with Crippen molar-refractivity contribution < 1.29 is 9.90 Å². The van der Waals surface area contributed by atoms with Crippen molar-refractivity contribution in [3.05, 3.63) is 40.1 Å². The van der Waals surface area contributed by atoms with Crippen LogP contribution in [-0.2, 0) is 0 Å². The van der Waals surface area contributed by atoms with Crippen LogP contribution in [0, 0.1) is 11.3 Å². The summed E-state index contributed by atoms with van der Waals surface area (Å²) in [5.74, 6) is -1.09. The monoisotopic (exact) mass is 347 g/mol. The number of nitrogens with zero attached hydrogens (tertiary/aromatic N) is 5. The lowest BCUT2D eigenvalue weighted by atomic mass is 10.1. The van der Waals surface area contributed by atoms with Crippen molar-refractivity contribution in [1.82, 2.24) is 15.0 Å². The second-order valence-electron chi connectivity index (χ2n) is 4.72. The van der Waals surface area contributed by atoms with Gasteiger partial charge in [0.25, 0.3) is 0 Å². The maximum Gasteiger partial charge on any atom is 0.358 e. The first-order chi connectivity index (χ1) is 10.1. The lowest BCUT2D eigenvalue weighted by Gasteiger charge is -2.41. The van der Waals surface area contributed by atoms with E-state index in [1.54, 1.807) is 10.7 Å². The van der Waals surface area contributed by atoms with Crippen molar-refractivity contribution in [3.8, 4) is 6.07 Å². The molecule has 2 aromatic rings. The molecule has 0 atom stereocenters. The van der Waals surface area contributed by atoms with Gasteiger partial charge in [-0.1, -0.05) is 21.1 Å². The molecule has 21 heavy (non-hydrogen) atoms. The molecule has 0 radical (unpaired) electrons. The standard InChI is InChI=1S/C13H10BrN5O2/c14-9-2-1-8(4-15)12(3-9)18-5-10(6-18)19-7-11(13(20)21)16-17-19/h1-3,7,10H,5-6H2,(H,20,21). The summed E-state index contributed by atoms with van der Waals surface area (Å²) in [7, 11) is 0. The molecule has 106 valence electrons. The average Bonchev–Trinajstić information content (AvgIpc) is 2.87. The highest BCUT2D eigenvalue weighted by Crippen LogP contribution is 2.32. The van der Waals surface area contributed by atoms with Gasteiger partial charge >= 0.3 is 5.97 Å². The van der Waals surface area contributed by atoms with Crippen LogP contribution in [0.3, 0.4) is 0 Å². The van der Waals surface area contributed by atoms with Crippen LogP contribution in [0.1, 0.15) is 22.1 Å². The minimum Gasteiger partial charge on any atom is -0.476 e. The van der Waals surface area contributed by atoms with E-state index in [1.165, 1.54) is 6.20 Å². The van der Waals surface area contributed by atoms with Crippen molar-refractivity contribution in [2.75, 3.05) is 18.0 Å². The predicted molar refractivity (Wildman–Crippen MR) is 77.1 cm³/mol. The number of aromatic nitrogens is 3. The quantitative estimate of drug-likeness (QED) is 0.907. The molecule has 0 amide bonds. The molecule has 1 aromatic carbocycles. The van der Waals surface area contributed by atoms with Crippen molar-refractivity contribution >= 4 is 27.6 Å². The molecule has 7 nitrogen and oxygen atoms in total. The molecular formula is C13H10BrN5O2. The summed E-state index contributed by atoms with van der Waals surface area (Å²) in [5.41, 5.74) is 1.41. The average molecular weight is 348 g/mol. The normalized spacial score (nSPS) is 14.6. The van der Waals surface area contributed by atoms with E-state index in [2.05, 4.69) is 37.2 Å². The number of carboxylic acid groups (broad SMARTS) is 1. The van der Waals surface area contributed by atoms with Crippen LogP contribution in [0.15, 0.2) is 28.9 Å². The lowest BCUT2D eigenvalue weighted by molar-refractivity contribution is 0.0690. The van der Waals surface area contributed by atoms with Gasteiger partial charge in [0.05, 0.1) is 23.5 Å². The van der Waals surface area contributed by atoms with E-state index in [0.717, 1.165) is 10.2 Å². The number of hydrogen-bond donors (Lipinski definition) is 1. The molecular weight excluding hydrogens is 338 g/mol. The van der Waals surface area contributed by atoms with Gasteiger partial charge in [0.1, 0.15) is 6.07 Å². The molecule has 1 saturated heterocycles. The molecule has 0 bridgehead atoms. The zero-order valence-corrected chi connectivity index (χ0v) is 12.4. The summed E-state index contributed by atoms with van der Waals surface area (Å²) in [6.45, 7) is 1.32. The van der Waals surface area contributed by atoms with Crippen LogP contribution in [-0.4, -0.2) is 39.2 Å². The summed E-state index contributed by atoms with van der Waals surface area (Å²) >= 11 is 3.40. The van der Waals surface area contributed by atoms with Gasteiger partial charge in [-0.15, -0.1) is 5.10 Å². The fourth-order valence-electron chi connectivity index (χ4n) is 2.23. The number of anilines is 1. The van der Waals surface area contributed by atoms with Crippen molar-refractivity contribution in [2.24, 2.45) is 0 Å². The van der Waals surface area contributed by atoms with Crippen molar-refractivity contribution in [2.45, 2.75) is 6.04 Å². The fraction of sp³-hybridized carbons (Fsp3) is 0.231. The fourth-order valence-corrected chi connectivity index (χ4v) is 2.58. The van der Waals surface area contributed by atoms with E-state index in [1.807, 2.05) is 12.1 Å². The number of carbonyl (C=O) groups is 1. The van der Waals surface area contributed by atoms with E-state index in [0.29, 0.717) is 18.7 Å². The van der Waals surface area contributed by atoms with Gasteiger partial charge in [-0.05, 0) is 18.2 Å². The highest BCUT2D eigenvalue weighted by molar-refractivity contribution is 9.10. The first kappa shape index (κ1) is 13.6. The molecule has 8 heteroatoms. The maximum absolute atomic E-state index is 10.8. The minimum atomic E-state index is -1.09. The van der Waals surface area contributed by atoms with Gasteiger partial charge in [-0.25, -0.2) is 9.48 Å². The summed E-state index contributed by atoms with van der Waals surface area (Å²) in [6.07, 6.45) is 1.43. The third-order valence-electron chi connectivity index (χ3n) is 3.39. The Hall–Kier alpha value is -2.40. The first-order valence-electron chi connectivity index (χ1n) is 6.18. The number of benzene rings is 1. The maximum atomic E-state index is 10.8. The van der Waals surface area contributed by atoms with E-state index in [4.69, 9.17) is 10.4 Å². The van der Waals surface area contributed by atoms with Crippen LogP contribution >= 0.6 is 15.9 Å². The number of hydrogen-bond acceptors (Lipinski definition) is 5. The zero-order valence-electron chi connectivity index (χ0n) is 10.8. The van der Waals surface area contributed by atoms with Crippen LogP contribution in [0.2, 0.25) is 0 Å². The number of aromatic carboxylic acids is 1. The van der Waals surface area contributed by atoms with Gasteiger partial charge in [0.2, 0.25) is 0 Å². The number of rotatable bonds is 3. The third-order valence-corrected chi connectivity index (χ3v) is 3.88. The Kier molecular flexibility index (Phi) is 3.35. The summed E-state index contributed by atoms with van der Waals surface area (Å²) in [6, 6.07) is 7.74. The number of nitriles is 1. The Bertz CT molecular complexity index is 745. The minimum absolute atomic E-state index is 0.0615. The molecule has 1 aromatic heterocycles. The highest BCUT2D eigenvalue weighted by atomic mass is 79.9. The second-order valence-corrected chi connectivity index (χ2v) is 5.64. The molecule has 2 heterocycles. The van der Waals surface area contributed by atoms with E-state index in [-0.39, 0.29) is 11.7 Å². The first-order valence-corrected chi connectivity index (χ1v) is 6.97. The summed E-state index contributed by atoms with van der Waals surface area (Å²) in [5, 5.41) is 25.4. The topological polar surface area (TPSA) is 95.0 Å². The lowest BCUT2D eigenvalue weighted by Crippen LogP contribution is -2.48. The molecule has 1 N–H and O–H groups in total. The largest absolute Gasteiger partial charge is 0.476 e. The summed E-state index contributed by atoms with van der Waals surface area (Å²) < 4.78 is 2.47. The van der Waals surface area contributed by atoms with Gasteiger partial charge < -0.3 is 10.0 Å². The Morgan fingerprint density at radius 2 is 2.24 bits per heavy atom. The smallest absolute Gasteiger partial charge is 0.358 e. The van der Waals surface area contributed by atoms with Gasteiger partial charge in [0, 0.05) is 17.6 Å². The SMILES string of the molecule is N#Cc1ccc(Br)cc1N1CC(n2cc(C(=O)O)nn2)C1. The second kappa shape index (κ2) is 5.18. The summed E-state index contributed by atoms with van der Waals surface area (Å²) in [4.78, 5) is 12.8. The van der Waals surface area contributed by atoms with Gasteiger partial charge in [-0.2, -0.15) is 5.26 Å². The Balaban J connectivity index is 1.75. The van der Waals surface area contributed by atoms with E-state index in [9.17, 15) is 4.79 Å². The Labute approximate surface area is 128 Å². The number of halogens is 1. The molecule has 3 rings (SSSR count). The van der Waals surface area contributed by atoms with Crippen LogP contribution in [0.25, 0.3) is 0 Å². The Morgan fingerprint density at radius 3 is 2.86 bits per heavy atom. The van der Waals surface area contributed by atoms with Gasteiger partial charge in [0.15, 0.2) is 5.69 Å². The van der Waals surface area contributed by atoms with Crippen LogP contribution < -0.4 is 4.90 Å². The van der Waals surface area contributed by atoms with E-state index >= 15 is 0 Å². The third kappa shape index (κ3) is 2.48. The number of carboxylic acids is 1. The Morgan fingerprint density at radius 1 is 1.48 bits per heavy atom. The zero-order chi connectivity index (χ0) is 15.0. The van der Waals surface area contributed by atoms with Crippen molar-refractivity contribution in [1.29, 1.82) is 5.26 Å². The van der Waals surface area contributed by atoms with E-state index < -0.39 is 5.97 Å². The van der Waals surface area contributed by atoms with Crippen LogP contribution in [0.5, 0.6) is 0 Å². The predicted octanol–water partition coefficient (Wildman–Crippen LogP) is 1.67. The molecule has 1 aliphatic rings. The molecule has 0 aliphatic carbocycles. The van der Waals surface area contributed by atoms with Crippen molar-refractivity contribution in [3.63, 3.8) is 0 Å². The molecule has 1 fully saturated rings. The van der Waals surface area contributed by atoms with Gasteiger partial charge in [-0.3, -0.25) is 0 Å². The molecule has 0 unspecified atom stereocenters. The highest BCUT2D eigenvalue weighted by Gasteiger charge is 2.31. The molecule has 0 spiro atoms. The molecule has 1 aliphatic heterocycles. The molecule has 0 saturated carbocycles.